The van der Waals surface area contributed by atoms with Gasteiger partial charge in [0.05, 0.1) is 0 Å². The van der Waals surface area contributed by atoms with Crippen LogP contribution in [0.15, 0.2) is 72.8 Å². The minimum absolute atomic E-state index is 0.359. The summed E-state index contributed by atoms with van der Waals surface area (Å²) in [5.41, 5.74) is 9.70. The van der Waals surface area contributed by atoms with Crippen molar-refractivity contribution in [3.05, 3.63) is 95.1 Å². The third-order valence-electron chi connectivity index (χ3n) is 8.22. The lowest BCUT2D eigenvalue weighted by molar-refractivity contribution is 0.147. The zero-order valence-corrected chi connectivity index (χ0v) is 19.9. The number of anilines is 1. The van der Waals surface area contributed by atoms with Crippen molar-refractivity contribution in [2.75, 3.05) is 31.1 Å². The van der Waals surface area contributed by atoms with E-state index in [1.54, 1.807) is 0 Å². The highest BCUT2D eigenvalue weighted by molar-refractivity contribution is 6.00. The fourth-order valence-electron chi connectivity index (χ4n) is 6.21. The van der Waals surface area contributed by atoms with E-state index >= 15 is 0 Å². The van der Waals surface area contributed by atoms with Crippen LogP contribution in [-0.4, -0.2) is 31.3 Å². The summed E-state index contributed by atoms with van der Waals surface area (Å²) in [6.45, 7) is 4.71. The smallest absolute Gasteiger partial charge is 0.115 e. The number of benzene rings is 3. The first-order valence-electron chi connectivity index (χ1n) is 12.9. The lowest BCUT2D eigenvalue weighted by Gasteiger charge is -2.42. The van der Waals surface area contributed by atoms with Gasteiger partial charge < -0.3 is 15.3 Å². The van der Waals surface area contributed by atoms with E-state index in [2.05, 4.69) is 70.9 Å². The van der Waals surface area contributed by atoms with Crippen molar-refractivity contribution in [1.82, 2.24) is 5.32 Å². The number of phenols is 1. The number of aromatic hydroxyl groups is 1. The molecule has 1 aliphatic carbocycles. The lowest BCUT2D eigenvalue weighted by Crippen LogP contribution is -2.53. The molecule has 2 fully saturated rings. The van der Waals surface area contributed by atoms with Crippen LogP contribution in [0, 0.1) is 5.41 Å². The molecule has 3 aromatic rings. The van der Waals surface area contributed by atoms with Crippen molar-refractivity contribution >= 4 is 16.8 Å². The summed E-state index contributed by atoms with van der Waals surface area (Å²) in [6.07, 6.45) is 7.05. The van der Waals surface area contributed by atoms with Crippen LogP contribution >= 0.6 is 0 Å². The van der Waals surface area contributed by atoms with Crippen LogP contribution in [0.5, 0.6) is 5.75 Å². The molecule has 2 aliphatic heterocycles. The molecular formula is C31H34N2O. The van der Waals surface area contributed by atoms with E-state index < -0.39 is 0 Å². The molecule has 34 heavy (non-hydrogen) atoms. The zero-order chi connectivity index (χ0) is 23.0. The number of hydrogen-bond acceptors (Lipinski definition) is 3. The zero-order valence-electron chi connectivity index (χ0n) is 19.9. The predicted molar refractivity (Wildman–Crippen MR) is 141 cm³/mol. The monoisotopic (exact) mass is 450 g/mol. The second-order valence-corrected chi connectivity index (χ2v) is 10.4. The van der Waals surface area contributed by atoms with Gasteiger partial charge in [-0.25, -0.2) is 0 Å². The highest BCUT2D eigenvalue weighted by atomic mass is 16.3. The van der Waals surface area contributed by atoms with Gasteiger partial charge in [-0.3, -0.25) is 0 Å². The van der Waals surface area contributed by atoms with Gasteiger partial charge in [0.15, 0.2) is 0 Å². The van der Waals surface area contributed by atoms with Crippen LogP contribution in [-0.2, 0) is 6.42 Å². The van der Waals surface area contributed by atoms with Crippen molar-refractivity contribution in [3.8, 4) is 5.75 Å². The third-order valence-corrected chi connectivity index (χ3v) is 8.22. The minimum atomic E-state index is 0.359. The highest BCUT2D eigenvalue weighted by Gasteiger charge is 2.37. The molecule has 2 N–H and O–H groups in total. The first kappa shape index (κ1) is 21.5. The molecule has 174 valence electrons. The molecule has 0 amide bonds. The summed E-state index contributed by atoms with van der Waals surface area (Å²) in [5.74, 6) is 0.359. The topological polar surface area (TPSA) is 35.5 Å². The molecule has 0 bridgehead atoms. The van der Waals surface area contributed by atoms with E-state index in [0.717, 1.165) is 32.4 Å². The number of phenolic OH excluding ortho intramolecular Hbond substituents is 1. The van der Waals surface area contributed by atoms with E-state index in [1.165, 1.54) is 71.4 Å². The van der Waals surface area contributed by atoms with Gasteiger partial charge in [0.25, 0.3) is 0 Å². The molecule has 2 saturated heterocycles. The molecule has 0 aromatic heterocycles. The molecule has 2 heterocycles. The Balaban J connectivity index is 1.38. The van der Waals surface area contributed by atoms with Crippen molar-refractivity contribution in [3.63, 3.8) is 0 Å². The van der Waals surface area contributed by atoms with E-state index in [9.17, 15) is 5.11 Å². The van der Waals surface area contributed by atoms with Crippen molar-refractivity contribution in [2.45, 2.75) is 38.5 Å². The summed E-state index contributed by atoms with van der Waals surface area (Å²) in [5, 5.41) is 13.6. The Morgan fingerprint density at radius 2 is 1.59 bits per heavy atom. The average molecular weight is 451 g/mol. The fourth-order valence-corrected chi connectivity index (χ4v) is 6.21. The second-order valence-electron chi connectivity index (χ2n) is 10.4. The molecule has 3 aromatic carbocycles. The first-order chi connectivity index (χ1) is 16.7. The Bertz CT molecular complexity index is 1190. The normalized spacial score (nSPS) is 19.8. The molecule has 0 saturated carbocycles. The molecule has 1 spiro atoms. The van der Waals surface area contributed by atoms with Gasteiger partial charge in [0.1, 0.15) is 5.75 Å². The Labute approximate surface area is 203 Å². The lowest BCUT2D eigenvalue weighted by atomic mass is 9.75. The number of nitrogens with zero attached hydrogens (tertiary/aromatic N) is 1. The number of fused-ring (bicyclic) bond motifs is 1. The van der Waals surface area contributed by atoms with Crippen molar-refractivity contribution < 1.29 is 5.11 Å². The highest BCUT2D eigenvalue weighted by Crippen LogP contribution is 2.41. The molecule has 0 unspecified atom stereocenters. The van der Waals surface area contributed by atoms with Gasteiger partial charge in [-0.15, -0.1) is 0 Å². The molecule has 3 heteroatoms. The maximum atomic E-state index is 10.2. The number of rotatable bonds is 3. The van der Waals surface area contributed by atoms with Crippen LogP contribution in [0.4, 0.5) is 5.69 Å². The van der Waals surface area contributed by atoms with Gasteiger partial charge in [0.2, 0.25) is 0 Å². The van der Waals surface area contributed by atoms with Gasteiger partial charge in [-0.2, -0.15) is 0 Å². The molecule has 0 atom stereocenters. The Morgan fingerprint density at radius 1 is 0.765 bits per heavy atom. The molecular weight excluding hydrogens is 416 g/mol. The SMILES string of the molecule is Oc1ccc2c(c1)CCCC(c1ccccc1)=C2c1ccc(N2CCCC3(CC2)CNC3)cc1. The van der Waals surface area contributed by atoms with Gasteiger partial charge in [0, 0.05) is 31.9 Å². The van der Waals surface area contributed by atoms with Crippen LogP contribution in [0.25, 0.3) is 11.1 Å². The van der Waals surface area contributed by atoms with E-state index in [-0.39, 0.29) is 0 Å². The van der Waals surface area contributed by atoms with Crippen LogP contribution in [0.1, 0.15) is 54.4 Å². The second kappa shape index (κ2) is 8.96. The van der Waals surface area contributed by atoms with Crippen LogP contribution in [0.2, 0.25) is 0 Å². The number of aryl methyl sites for hydroxylation is 1. The average Bonchev–Trinajstić information content (AvgIpc) is 3.19. The maximum Gasteiger partial charge on any atom is 0.115 e. The Hall–Kier alpha value is -3.04. The van der Waals surface area contributed by atoms with Gasteiger partial charge in [-0.05, 0) is 102 Å². The van der Waals surface area contributed by atoms with Gasteiger partial charge in [-0.1, -0.05) is 48.5 Å². The largest absolute Gasteiger partial charge is 0.508 e. The number of nitrogens with one attached hydrogen (secondary N) is 1. The summed E-state index contributed by atoms with van der Waals surface area (Å²) in [6, 6.07) is 26.0. The van der Waals surface area contributed by atoms with E-state index in [4.69, 9.17) is 0 Å². The standard InChI is InChI=1S/C31H34N2O/c34-27-14-15-29-25(20-27)8-4-9-28(23-6-2-1-3-7-23)30(29)24-10-12-26(13-11-24)33-18-5-16-31(17-19-33)21-32-22-31/h1-3,6-7,10-15,20,32,34H,4-5,8-9,16-19,21-22H2. The Morgan fingerprint density at radius 3 is 2.35 bits per heavy atom. The fraction of sp³-hybridized carbons (Fsp3) is 0.355. The Kier molecular flexibility index (Phi) is 5.66. The predicted octanol–water partition coefficient (Wildman–Crippen LogP) is 6.27. The van der Waals surface area contributed by atoms with E-state index in [0.29, 0.717) is 11.2 Å². The molecule has 3 nitrogen and oxygen atoms in total. The van der Waals surface area contributed by atoms with Crippen LogP contribution in [0.3, 0.4) is 0 Å². The van der Waals surface area contributed by atoms with Gasteiger partial charge >= 0.3 is 0 Å². The summed E-state index contributed by atoms with van der Waals surface area (Å²) < 4.78 is 0. The summed E-state index contributed by atoms with van der Waals surface area (Å²) >= 11 is 0. The maximum absolute atomic E-state index is 10.2. The van der Waals surface area contributed by atoms with Crippen molar-refractivity contribution in [1.29, 1.82) is 0 Å². The first-order valence-corrected chi connectivity index (χ1v) is 12.9. The molecule has 6 rings (SSSR count). The van der Waals surface area contributed by atoms with E-state index in [1.807, 2.05) is 12.1 Å². The number of hydrogen-bond donors (Lipinski definition) is 2. The summed E-state index contributed by atoms with van der Waals surface area (Å²) in [7, 11) is 0. The van der Waals surface area contributed by atoms with Crippen LogP contribution < -0.4 is 10.2 Å². The number of allylic oxidation sites excluding steroid dienone is 1. The molecule has 0 radical (unpaired) electrons. The quantitative estimate of drug-likeness (QED) is 0.494. The third kappa shape index (κ3) is 4.03. The van der Waals surface area contributed by atoms with Crippen molar-refractivity contribution in [2.24, 2.45) is 5.41 Å². The minimum Gasteiger partial charge on any atom is -0.508 e. The summed E-state index contributed by atoms with van der Waals surface area (Å²) in [4.78, 5) is 2.59. The molecule has 3 aliphatic rings.